The molecule has 1 spiro atoms. The van der Waals surface area contributed by atoms with Gasteiger partial charge in [0.1, 0.15) is 5.75 Å². The molecule has 0 bridgehead atoms. The van der Waals surface area contributed by atoms with E-state index < -0.39 is 0 Å². The van der Waals surface area contributed by atoms with Gasteiger partial charge in [-0.25, -0.2) is 0 Å². The monoisotopic (exact) mass is 372 g/mol. The zero-order valence-electron chi connectivity index (χ0n) is 16.5. The molecule has 0 saturated carbocycles. The van der Waals surface area contributed by atoms with Gasteiger partial charge >= 0.3 is 0 Å². The first-order valence-electron chi connectivity index (χ1n) is 10.5. The van der Waals surface area contributed by atoms with Crippen molar-refractivity contribution in [1.82, 2.24) is 9.80 Å². The summed E-state index contributed by atoms with van der Waals surface area (Å²) in [6.45, 7) is 7.09. The number of carbonyl (C=O) groups is 1. The minimum Gasteiger partial charge on any atom is -0.484 e. The lowest BCUT2D eigenvalue weighted by atomic mass is 9.82. The number of hydrogen-bond donors (Lipinski definition) is 0. The fourth-order valence-corrected chi connectivity index (χ4v) is 4.80. The third-order valence-electron chi connectivity index (χ3n) is 6.53. The van der Waals surface area contributed by atoms with E-state index in [1.54, 1.807) is 0 Å². The number of piperidine rings is 1. The third-order valence-corrected chi connectivity index (χ3v) is 6.53. The number of nitrogens with zero attached hydrogens (tertiary/aromatic N) is 2. The standard InChI is InChI=1S/C22H32N2O3/c1-18-4-6-20(7-5-18)26-17-21(25)24-13-9-22(10-14-24)16-19(8-15-27-22)23-11-2-3-12-23/h4-7,19H,2-3,8-17H2,1H3. The molecule has 1 amide bonds. The molecule has 5 nitrogen and oxygen atoms in total. The van der Waals surface area contributed by atoms with E-state index in [9.17, 15) is 4.79 Å². The SMILES string of the molecule is Cc1ccc(OCC(=O)N2CCC3(CC2)CC(N2CCCC2)CCO3)cc1. The van der Waals surface area contributed by atoms with Gasteiger partial charge in [0, 0.05) is 25.7 Å². The first-order valence-corrected chi connectivity index (χ1v) is 10.5. The summed E-state index contributed by atoms with van der Waals surface area (Å²) in [5.41, 5.74) is 1.18. The predicted molar refractivity (Wildman–Crippen MR) is 105 cm³/mol. The lowest BCUT2D eigenvalue weighted by molar-refractivity contribution is -0.150. The van der Waals surface area contributed by atoms with E-state index >= 15 is 0 Å². The lowest BCUT2D eigenvalue weighted by Gasteiger charge is -2.48. The molecule has 0 aliphatic carbocycles. The zero-order chi connectivity index (χ0) is 18.7. The van der Waals surface area contributed by atoms with Crippen LogP contribution >= 0.6 is 0 Å². The van der Waals surface area contributed by atoms with E-state index in [1.165, 1.54) is 31.5 Å². The first kappa shape index (κ1) is 18.8. The molecule has 0 aromatic heterocycles. The maximum absolute atomic E-state index is 12.5. The molecule has 3 fully saturated rings. The predicted octanol–water partition coefficient (Wildman–Crippen LogP) is 3.01. The smallest absolute Gasteiger partial charge is 0.260 e. The van der Waals surface area contributed by atoms with Gasteiger partial charge in [-0.1, -0.05) is 17.7 Å². The van der Waals surface area contributed by atoms with E-state index in [4.69, 9.17) is 9.47 Å². The first-order chi connectivity index (χ1) is 13.1. The second kappa shape index (κ2) is 8.19. The van der Waals surface area contributed by atoms with Crippen molar-refractivity contribution in [3.63, 3.8) is 0 Å². The topological polar surface area (TPSA) is 42.0 Å². The number of aryl methyl sites for hydroxylation is 1. The molecule has 3 saturated heterocycles. The molecule has 27 heavy (non-hydrogen) atoms. The number of ether oxygens (including phenoxy) is 2. The number of hydrogen-bond acceptors (Lipinski definition) is 4. The van der Waals surface area contributed by atoms with E-state index in [2.05, 4.69) is 4.90 Å². The quantitative estimate of drug-likeness (QED) is 0.815. The van der Waals surface area contributed by atoms with Crippen LogP contribution in [0, 0.1) is 6.92 Å². The Labute approximate surface area is 162 Å². The van der Waals surface area contributed by atoms with Crippen molar-refractivity contribution in [3.05, 3.63) is 29.8 Å². The molecule has 1 aromatic carbocycles. The Morgan fingerprint density at radius 1 is 1.15 bits per heavy atom. The van der Waals surface area contributed by atoms with Gasteiger partial charge < -0.3 is 19.3 Å². The summed E-state index contributed by atoms with van der Waals surface area (Å²) in [5.74, 6) is 0.837. The molecular weight excluding hydrogens is 340 g/mol. The summed E-state index contributed by atoms with van der Waals surface area (Å²) in [6, 6.07) is 8.52. The van der Waals surface area contributed by atoms with Crippen LogP contribution in [0.2, 0.25) is 0 Å². The van der Waals surface area contributed by atoms with E-state index in [1.807, 2.05) is 36.1 Å². The van der Waals surface area contributed by atoms with Crippen molar-refractivity contribution in [2.75, 3.05) is 39.4 Å². The van der Waals surface area contributed by atoms with Gasteiger partial charge in [-0.05, 0) is 70.7 Å². The third kappa shape index (κ3) is 4.46. The number of rotatable bonds is 4. The summed E-state index contributed by atoms with van der Waals surface area (Å²) in [6.07, 6.45) is 6.88. The van der Waals surface area contributed by atoms with Crippen LogP contribution in [-0.4, -0.2) is 66.7 Å². The van der Waals surface area contributed by atoms with Crippen LogP contribution in [0.15, 0.2) is 24.3 Å². The largest absolute Gasteiger partial charge is 0.484 e. The highest BCUT2D eigenvalue weighted by Crippen LogP contribution is 2.37. The maximum Gasteiger partial charge on any atom is 0.260 e. The lowest BCUT2D eigenvalue weighted by Crippen LogP contribution is -2.54. The molecule has 1 atom stereocenters. The molecule has 1 unspecified atom stereocenters. The normalized spacial score (nSPS) is 25.7. The van der Waals surface area contributed by atoms with Crippen molar-refractivity contribution in [2.45, 2.75) is 57.1 Å². The van der Waals surface area contributed by atoms with Crippen LogP contribution in [-0.2, 0) is 9.53 Å². The van der Waals surface area contributed by atoms with Crippen molar-refractivity contribution < 1.29 is 14.3 Å². The van der Waals surface area contributed by atoms with Crippen LogP contribution in [0.25, 0.3) is 0 Å². The van der Waals surface area contributed by atoms with Crippen LogP contribution < -0.4 is 4.74 Å². The Morgan fingerprint density at radius 2 is 1.85 bits per heavy atom. The molecule has 5 heteroatoms. The highest BCUT2D eigenvalue weighted by molar-refractivity contribution is 5.77. The summed E-state index contributed by atoms with van der Waals surface area (Å²) < 4.78 is 11.9. The maximum atomic E-state index is 12.5. The van der Waals surface area contributed by atoms with Crippen molar-refractivity contribution >= 4 is 5.91 Å². The highest BCUT2D eigenvalue weighted by atomic mass is 16.5. The summed E-state index contributed by atoms with van der Waals surface area (Å²) in [7, 11) is 0. The molecule has 3 aliphatic heterocycles. The van der Waals surface area contributed by atoms with Gasteiger partial charge in [0.25, 0.3) is 5.91 Å². The van der Waals surface area contributed by atoms with E-state index in [0.717, 1.165) is 51.1 Å². The Morgan fingerprint density at radius 3 is 2.56 bits per heavy atom. The highest BCUT2D eigenvalue weighted by Gasteiger charge is 2.42. The van der Waals surface area contributed by atoms with Gasteiger partial charge in [0.15, 0.2) is 6.61 Å². The summed E-state index contributed by atoms with van der Waals surface area (Å²) in [5, 5.41) is 0. The number of amides is 1. The minimum atomic E-state index is -0.0138. The minimum absolute atomic E-state index is 0.0138. The van der Waals surface area contributed by atoms with Gasteiger partial charge in [-0.2, -0.15) is 0 Å². The fraction of sp³-hybridized carbons (Fsp3) is 0.682. The average Bonchev–Trinajstić information content (AvgIpc) is 3.23. The number of likely N-dealkylation sites (tertiary alicyclic amines) is 2. The number of carbonyl (C=O) groups excluding carboxylic acids is 1. The van der Waals surface area contributed by atoms with Gasteiger partial charge in [-0.15, -0.1) is 0 Å². The van der Waals surface area contributed by atoms with Crippen LogP contribution in [0.4, 0.5) is 0 Å². The molecule has 1 aromatic rings. The van der Waals surface area contributed by atoms with E-state index in [-0.39, 0.29) is 18.1 Å². The van der Waals surface area contributed by atoms with Crippen molar-refractivity contribution in [3.8, 4) is 5.75 Å². The Bertz CT molecular complexity index is 631. The van der Waals surface area contributed by atoms with Gasteiger partial charge in [-0.3, -0.25) is 4.79 Å². The second-order valence-electron chi connectivity index (χ2n) is 8.40. The van der Waals surface area contributed by atoms with Crippen molar-refractivity contribution in [2.24, 2.45) is 0 Å². The average molecular weight is 373 g/mol. The number of benzene rings is 1. The fourth-order valence-electron chi connectivity index (χ4n) is 4.80. The summed E-state index contributed by atoms with van der Waals surface area (Å²) in [4.78, 5) is 17.1. The van der Waals surface area contributed by atoms with Gasteiger partial charge in [0.2, 0.25) is 0 Å². The molecule has 0 N–H and O–H groups in total. The van der Waals surface area contributed by atoms with Crippen LogP contribution in [0.5, 0.6) is 5.75 Å². The molecule has 148 valence electrons. The second-order valence-corrected chi connectivity index (χ2v) is 8.40. The van der Waals surface area contributed by atoms with Crippen LogP contribution in [0.1, 0.15) is 44.1 Å². The van der Waals surface area contributed by atoms with E-state index in [0.29, 0.717) is 6.04 Å². The van der Waals surface area contributed by atoms with Crippen molar-refractivity contribution in [1.29, 1.82) is 0 Å². The summed E-state index contributed by atoms with van der Waals surface area (Å²) >= 11 is 0. The Balaban J connectivity index is 1.26. The molecule has 0 radical (unpaired) electrons. The Kier molecular flexibility index (Phi) is 5.69. The zero-order valence-corrected chi connectivity index (χ0v) is 16.5. The Hall–Kier alpha value is -1.59. The molecule has 3 heterocycles. The van der Waals surface area contributed by atoms with Gasteiger partial charge in [0.05, 0.1) is 5.60 Å². The molecule has 3 aliphatic rings. The molecule has 4 rings (SSSR count). The molecular formula is C22H32N2O3. The van der Waals surface area contributed by atoms with Crippen LogP contribution in [0.3, 0.4) is 0 Å².